The number of aromatic nitrogens is 5. The summed E-state index contributed by atoms with van der Waals surface area (Å²) in [6, 6.07) is 17.3. The first-order chi connectivity index (χ1) is 22.9. The number of anilines is 1. The van der Waals surface area contributed by atoms with Crippen molar-refractivity contribution >= 4 is 34.3 Å². The number of halogens is 1. The maximum atomic E-state index is 12.4. The molecule has 3 atom stereocenters. The van der Waals surface area contributed by atoms with Crippen LogP contribution in [-0.4, -0.2) is 80.7 Å². The van der Waals surface area contributed by atoms with Gasteiger partial charge in [0.2, 0.25) is 0 Å². The molecule has 6 heterocycles. The topological polar surface area (TPSA) is 109 Å². The molecular weight excluding hydrogens is 622 g/mol. The third kappa shape index (κ3) is 5.35. The number of carbonyl (C=O) groups excluding carboxylic acids is 1. The molecule has 0 aliphatic carbocycles. The quantitative estimate of drug-likeness (QED) is 0.222. The van der Waals surface area contributed by atoms with E-state index in [1.165, 1.54) is 7.11 Å². The summed E-state index contributed by atoms with van der Waals surface area (Å²) < 4.78 is 28.1. The number of nitrogens with zero attached hydrogens (tertiary/aromatic N) is 7. The SMILES string of the molecule is COC(=O)c1ccc2nc(CN3CCN(c4cccc5c4O[C@](C)(c4ccc(Cl)cn4)O5)[C@H]4COC[C@H]43)n(CCn3cccn3)c2c1. The first kappa shape index (κ1) is 29.7. The fourth-order valence-corrected chi connectivity index (χ4v) is 7.05. The lowest BCUT2D eigenvalue weighted by Crippen LogP contribution is -2.59. The van der Waals surface area contributed by atoms with E-state index in [0.717, 1.165) is 35.6 Å². The van der Waals surface area contributed by atoms with Crippen molar-refractivity contribution in [1.82, 2.24) is 29.2 Å². The lowest BCUT2D eigenvalue weighted by Gasteiger charge is -2.44. The van der Waals surface area contributed by atoms with Crippen LogP contribution >= 0.6 is 11.6 Å². The number of imidazole rings is 1. The zero-order valence-corrected chi connectivity index (χ0v) is 26.8. The lowest BCUT2D eigenvalue weighted by molar-refractivity contribution is -0.0716. The van der Waals surface area contributed by atoms with Crippen LogP contribution in [0.25, 0.3) is 11.0 Å². The third-order valence-electron chi connectivity index (χ3n) is 9.29. The fraction of sp³-hybridized carbons (Fsp3) is 0.353. The molecule has 2 aromatic carbocycles. The van der Waals surface area contributed by atoms with E-state index in [1.54, 1.807) is 24.5 Å². The van der Waals surface area contributed by atoms with Crippen molar-refractivity contribution in [3.8, 4) is 11.5 Å². The van der Waals surface area contributed by atoms with Crippen LogP contribution in [0.1, 0.15) is 28.8 Å². The van der Waals surface area contributed by atoms with Gasteiger partial charge in [-0.15, -0.1) is 0 Å². The minimum atomic E-state index is -1.07. The highest BCUT2D eigenvalue weighted by Gasteiger charge is 2.46. The molecule has 0 N–H and O–H groups in total. The van der Waals surface area contributed by atoms with Gasteiger partial charge in [-0.05, 0) is 48.5 Å². The Hall–Kier alpha value is -4.65. The molecule has 3 aliphatic heterocycles. The Kier molecular flexibility index (Phi) is 7.50. The monoisotopic (exact) mass is 655 g/mol. The second kappa shape index (κ2) is 11.9. The molecule has 0 spiro atoms. The highest BCUT2D eigenvalue weighted by Crippen LogP contribution is 2.50. The van der Waals surface area contributed by atoms with E-state index < -0.39 is 5.79 Å². The van der Waals surface area contributed by atoms with Gasteiger partial charge in [-0.25, -0.2) is 9.78 Å². The summed E-state index contributed by atoms with van der Waals surface area (Å²) in [5.74, 6) is 0.864. The average molecular weight is 656 g/mol. The molecule has 2 fully saturated rings. The van der Waals surface area contributed by atoms with Gasteiger partial charge in [-0.1, -0.05) is 17.7 Å². The number of benzene rings is 2. The smallest absolute Gasteiger partial charge is 0.337 e. The number of fused-ring (bicyclic) bond motifs is 3. The molecule has 47 heavy (non-hydrogen) atoms. The third-order valence-corrected chi connectivity index (χ3v) is 9.51. The summed E-state index contributed by atoms with van der Waals surface area (Å²) in [7, 11) is 1.39. The van der Waals surface area contributed by atoms with Gasteiger partial charge in [0.1, 0.15) is 11.5 Å². The molecule has 13 heteroatoms. The molecule has 0 saturated carbocycles. The van der Waals surface area contributed by atoms with Crippen molar-refractivity contribution in [1.29, 1.82) is 0 Å². The molecule has 0 radical (unpaired) electrons. The first-order valence-corrected chi connectivity index (χ1v) is 16.0. The molecule has 12 nitrogen and oxygen atoms in total. The molecule has 3 aromatic heterocycles. The number of pyridine rings is 1. The first-order valence-electron chi connectivity index (χ1n) is 15.7. The van der Waals surface area contributed by atoms with Gasteiger partial charge >= 0.3 is 5.97 Å². The van der Waals surface area contributed by atoms with Crippen LogP contribution in [0, 0.1) is 0 Å². The second-order valence-electron chi connectivity index (χ2n) is 12.1. The van der Waals surface area contributed by atoms with Crippen LogP contribution in [0.4, 0.5) is 5.69 Å². The molecule has 242 valence electrons. The molecule has 3 aliphatic rings. The number of aryl methyl sites for hydroxylation is 2. The van der Waals surface area contributed by atoms with Gasteiger partial charge in [-0.2, -0.15) is 5.10 Å². The zero-order chi connectivity index (χ0) is 32.1. The average Bonchev–Trinajstić information content (AvgIpc) is 3.89. The van der Waals surface area contributed by atoms with Crippen LogP contribution in [0.2, 0.25) is 5.02 Å². The van der Waals surface area contributed by atoms with Crippen LogP contribution in [0.3, 0.4) is 0 Å². The number of hydrogen-bond acceptors (Lipinski definition) is 10. The maximum Gasteiger partial charge on any atom is 0.337 e. The van der Waals surface area contributed by atoms with E-state index in [4.69, 9.17) is 35.5 Å². The van der Waals surface area contributed by atoms with Gasteiger partial charge in [0.25, 0.3) is 5.79 Å². The maximum absolute atomic E-state index is 12.4. The van der Waals surface area contributed by atoms with Crippen molar-refractivity contribution in [3.63, 3.8) is 0 Å². The van der Waals surface area contributed by atoms with Crippen LogP contribution in [0.5, 0.6) is 11.5 Å². The van der Waals surface area contributed by atoms with Crippen molar-refractivity contribution in [2.45, 2.75) is 44.4 Å². The van der Waals surface area contributed by atoms with E-state index in [9.17, 15) is 4.79 Å². The van der Waals surface area contributed by atoms with Crippen molar-refractivity contribution in [2.24, 2.45) is 0 Å². The van der Waals surface area contributed by atoms with Crippen LogP contribution < -0.4 is 14.4 Å². The number of ether oxygens (including phenoxy) is 4. The van der Waals surface area contributed by atoms with Crippen molar-refractivity contribution in [3.05, 3.63) is 95.3 Å². The Balaban J connectivity index is 1.06. The second-order valence-corrected chi connectivity index (χ2v) is 12.5. The fourth-order valence-electron chi connectivity index (χ4n) is 6.93. The summed E-state index contributed by atoms with van der Waals surface area (Å²) in [4.78, 5) is 26.8. The number of hydrogen-bond donors (Lipinski definition) is 0. The van der Waals surface area contributed by atoms with Crippen molar-refractivity contribution in [2.75, 3.05) is 38.3 Å². The van der Waals surface area contributed by atoms with Gasteiger partial charge in [0.05, 0.1) is 72.8 Å². The molecule has 0 amide bonds. The number of rotatable bonds is 8. The Bertz CT molecular complexity index is 1930. The van der Waals surface area contributed by atoms with E-state index in [2.05, 4.69) is 30.5 Å². The zero-order valence-electron chi connectivity index (χ0n) is 26.1. The Morgan fingerprint density at radius 1 is 1.06 bits per heavy atom. The lowest BCUT2D eigenvalue weighted by atomic mass is 10.0. The summed E-state index contributed by atoms with van der Waals surface area (Å²) >= 11 is 6.09. The number of piperazine rings is 1. The van der Waals surface area contributed by atoms with E-state index in [-0.39, 0.29) is 18.1 Å². The number of carbonyl (C=O) groups is 1. The number of esters is 1. The number of para-hydroxylation sites is 1. The van der Waals surface area contributed by atoms with Gasteiger partial charge in [0, 0.05) is 45.1 Å². The van der Waals surface area contributed by atoms with Crippen LogP contribution in [-0.2, 0) is 34.9 Å². The van der Waals surface area contributed by atoms with E-state index in [1.807, 2.05) is 54.2 Å². The van der Waals surface area contributed by atoms with E-state index >= 15 is 0 Å². The summed E-state index contributed by atoms with van der Waals surface area (Å²) in [5, 5.41) is 4.94. The summed E-state index contributed by atoms with van der Waals surface area (Å²) in [6.07, 6.45) is 5.32. The molecule has 5 aromatic rings. The Morgan fingerprint density at radius 2 is 1.96 bits per heavy atom. The van der Waals surface area contributed by atoms with Gasteiger partial charge < -0.3 is 28.4 Å². The highest BCUT2D eigenvalue weighted by molar-refractivity contribution is 6.30. The minimum Gasteiger partial charge on any atom is -0.465 e. The minimum absolute atomic E-state index is 0.104. The highest BCUT2D eigenvalue weighted by atomic mass is 35.5. The van der Waals surface area contributed by atoms with Gasteiger partial charge in [-0.3, -0.25) is 14.6 Å². The summed E-state index contributed by atoms with van der Waals surface area (Å²) in [5.41, 5.74) is 3.84. The molecule has 8 rings (SSSR count). The predicted molar refractivity (Wildman–Crippen MR) is 174 cm³/mol. The van der Waals surface area contributed by atoms with Crippen molar-refractivity contribution < 1.29 is 23.7 Å². The number of methoxy groups -OCH3 is 1. The predicted octanol–water partition coefficient (Wildman–Crippen LogP) is 4.50. The molecule has 2 saturated heterocycles. The standard InChI is InChI=1S/C34H34ClN7O5/c1-34(30-10-8-23(35)18-36-30)46-29-6-3-5-25(32(29)47-34)41-15-13-39(27-20-45-21-28(27)41)19-31-38-24-9-7-22(33(43)44-2)17-26(24)42(31)16-14-40-12-4-11-37-40/h3-12,17-18,27-28H,13-16,19-21H2,1-2H3/t27-,28+,34-/m1/s1. The molecule has 0 unspecified atom stereocenters. The molecular formula is C34H34ClN7O5. The van der Waals surface area contributed by atoms with E-state index in [0.29, 0.717) is 60.6 Å². The Morgan fingerprint density at radius 3 is 2.77 bits per heavy atom. The Labute approximate surface area is 276 Å². The van der Waals surface area contributed by atoms with Gasteiger partial charge in [0.15, 0.2) is 11.5 Å². The normalized spacial score (nSPS) is 22.1. The summed E-state index contributed by atoms with van der Waals surface area (Å²) in [6.45, 7) is 6.59. The molecule has 0 bridgehead atoms. The van der Waals surface area contributed by atoms with Crippen LogP contribution in [0.15, 0.2) is 73.2 Å². The largest absolute Gasteiger partial charge is 0.465 e.